The van der Waals surface area contributed by atoms with E-state index in [4.69, 9.17) is 29.2 Å². The number of fused-ring (bicyclic) bond motifs is 4. The molecule has 46 heavy (non-hydrogen) atoms. The van der Waals surface area contributed by atoms with Gasteiger partial charge in [0, 0.05) is 12.0 Å². The summed E-state index contributed by atoms with van der Waals surface area (Å²) in [6.07, 6.45) is 0.201. The van der Waals surface area contributed by atoms with Crippen LogP contribution < -0.4 is 15.3 Å². The van der Waals surface area contributed by atoms with E-state index in [9.17, 15) is 9.36 Å². The molecule has 11 nitrogen and oxygen atoms in total. The van der Waals surface area contributed by atoms with Gasteiger partial charge in [-0.05, 0) is 70.0 Å². The van der Waals surface area contributed by atoms with Gasteiger partial charge in [0.05, 0.1) is 29.3 Å². The third kappa shape index (κ3) is 7.03. The van der Waals surface area contributed by atoms with E-state index in [1.165, 1.54) is 0 Å². The van der Waals surface area contributed by atoms with Crippen LogP contribution in [-0.4, -0.2) is 45.9 Å². The number of nitrogens with one attached hydrogen (secondary N) is 1. The van der Waals surface area contributed by atoms with Gasteiger partial charge in [0.1, 0.15) is 29.7 Å². The molecule has 0 radical (unpaired) electrons. The van der Waals surface area contributed by atoms with Crippen LogP contribution in [-0.2, 0) is 35.5 Å². The Morgan fingerprint density at radius 3 is 2.46 bits per heavy atom. The molecule has 0 unspecified atom stereocenters. The van der Waals surface area contributed by atoms with Crippen LogP contribution in [0.2, 0.25) is 0 Å². The van der Waals surface area contributed by atoms with E-state index in [-0.39, 0.29) is 19.3 Å². The summed E-state index contributed by atoms with van der Waals surface area (Å²) in [5.41, 5.74) is 7.66. The van der Waals surface area contributed by atoms with Gasteiger partial charge in [-0.25, -0.2) is 14.5 Å². The number of hydrogen-bond donors (Lipinski definition) is 2. The van der Waals surface area contributed by atoms with Gasteiger partial charge in [-0.1, -0.05) is 55.5 Å². The fourth-order valence-corrected chi connectivity index (χ4v) is 6.94. The lowest BCUT2D eigenvalue weighted by Gasteiger charge is -2.34. The van der Waals surface area contributed by atoms with Crippen molar-refractivity contribution in [3.63, 3.8) is 0 Å². The molecule has 0 aliphatic rings. The Kier molecular flexibility index (Phi) is 9.98. The number of nitrogens with zero attached hydrogens (tertiary/aromatic N) is 3. The molecule has 0 bridgehead atoms. The number of nitrogens with two attached hydrogens (primary N) is 1. The zero-order valence-corrected chi connectivity index (χ0v) is 28.0. The van der Waals surface area contributed by atoms with E-state index in [2.05, 4.69) is 14.6 Å². The topological polar surface area (TPSA) is 140 Å². The zero-order chi connectivity index (χ0) is 33.1. The second-order valence-electron chi connectivity index (χ2n) is 11.8. The van der Waals surface area contributed by atoms with E-state index in [0.29, 0.717) is 35.9 Å². The molecule has 0 aliphatic carbocycles. The fourth-order valence-electron chi connectivity index (χ4n) is 5.35. The number of benzene rings is 3. The number of anilines is 1. The van der Waals surface area contributed by atoms with Crippen molar-refractivity contribution < 1.29 is 27.9 Å². The van der Waals surface area contributed by atoms with Crippen molar-refractivity contribution in [3.05, 3.63) is 72.6 Å². The van der Waals surface area contributed by atoms with Crippen LogP contribution >= 0.6 is 7.75 Å². The van der Waals surface area contributed by atoms with Crippen LogP contribution in [0.3, 0.4) is 0 Å². The first-order valence-corrected chi connectivity index (χ1v) is 17.1. The van der Waals surface area contributed by atoms with Crippen LogP contribution in [0.5, 0.6) is 5.75 Å². The minimum Gasteiger partial charge on any atom is -0.462 e. The van der Waals surface area contributed by atoms with Crippen molar-refractivity contribution in [2.75, 3.05) is 18.9 Å². The van der Waals surface area contributed by atoms with E-state index in [1.807, 2.05) is 75.4 Å². The SMILES string of the molecule is CCOCc1nc2c(N)nc3ccccc3c2n1[C@](C)(CC)CO[P@@](=O)(N[C@@H](C)C(=O)OC(C)C)Oc1ccc2ccccc2c1. The highest BCUT2D eigenvalue weighted by molar-refractivity contribution is 7.52. The summed E-state index contributed by atoms with van der Waals surface area (Å²) in [4.78, 5) is 22.2. The first-order valence-electron chi connectivity index (χ1n) is 15.5. The lowest BCUT2D eigenvalue weighted by molar-refractivity contribution is -0.149. The van der Waals surface area contributed by atoms with E-state index >= 15 is 0 Å². The van der Waals surface area contributed by atoms with Crippen LogP contribution in [0.15, 0.2) is 66.7 Å². The van der Waals surface area contributed by atoms with Gasteiger partial charge in [0.25, 0.3) is 0 Å². The molecule has 2 aromatic heterocycles. The predicted octanol–water partition coefficient (Wildman–Crippen LogP) is 7.12. The maximum atomic E-state index is 14.6. The molecule has 12 heteroatoms. The monoisotopic (exact) mass is 647 g/mol. The average Bonchev–Trinajstić information content (AvgIpc) is 3.43. The van der Waals surface area contributed by atoms with E-state index in [0.717, 1.165) is 27.2 Å². The second kappa shape index (κ2) is 13.8. The minimum absolute atomic E-state index is 0.0750. The number of hydrogen-bond acceptors (Lipinski definition) is 9. The number of para-hydroxylation sites is 1. The molecule has 0 fully saturated rings. The first-order chi connectivity index (χ1) is 22.0. The van der Waals surface area contributed by atoms with E-state index < -0.39 is 25.3 Å². The van der Waals surface area contributed by atoms with Gasteiger partial charge >= 0.3 is 13.7 Å². The summed E-state index contributed by atoms with van der Waals surface area (Å²) in [6, 6.07) is 19.9. The highest BCUT2D eigenvalue weighted by Gasteiger charge is 2.38. The number of aromatic nitrogens is 3. The number of nitrogen functional groups attached to an aromatic ring is 1. The van der Waals surface area contributed by atoms with Crippen molar-refractivity contribution in [2.24, 2.45) is 0 Å². The third-order valence-corrected chi connectivity index (χ3v) is 9.50. The van der Waals surface area contributed by atoms with Gasteiger partial charge < -0.3 is 24.3 Å². The number of pyridine rings is 1. The third-order valence-electron chi connectivity index (χ3n) is 7.88. The van der Waals surface area contributed by atoms with Crippen molar-refractivity contribution in [2.45, 2.75) is 72.3 Å². The summed E-state index contributed by atoms with van der Waals surface area (Å²) in [5, 5.41) is 5.58. The molecular formula is C34H42N5O6P. The number of rotatable bonds is 14. The summed E-state index contributed by atoms with van der Waals surface area (Å²) in [7, 11) is -4.19. The van der Waals surface area contributed by atoms with Crippen LogP contribution in [0, 0.1) is 0 Å². The average molecular weight is 648 g/mol. The van der Waals surface area contributed by atoms with Gasteiger partial charge in [-0.15, -0.1) is 0 Å². The smallest absolute Gasteiger partial charge is 0.459 e. The number of ether oxygens (including phenoxy) is 2. The molecule has 0 spiro atoms. The van der Waals surface area contributed by atoms with Crippen LogP contribution in [0.4, 0.5) is 5.82 Å². The fraction of sp³-hybridized carbons (Fsp3) is 0.382. The minimum atomic E-state index is -4.19. The quantitative estimate of drug-likeness (QED) is 0.0946. The number of carbonyl (C=O) groups is 1. The lowest BCUT2D eigenvalue weighted by atomic mass is 9.98. The first kappa shape index (κ1) is 33.3. The number of imidazole rings is 1. The van der Waals surface area contributed by atoms with Crippen LogP contribution in [0.1, 0.15) is 53.8 Å². The molecule has 0 saturated carbocycles. The second-order valence-corrected chi connectivity index (χ2v) is 13.5. The molecule has 3 aromatic carbocycles. The molecule has 0 saturated heterocycles. The standard InChI is InChI=1S/C34H42N5O6P/c1-7-34(6,39-29(20-42-8-2)37-30-31(39)27-15-11-12-16-28(27)36-32(30)35)21-43-46(41,38-23(5)33(40)44-22(3)4)45-26-18-17-24-13-9-10-14-25(24)19-26/h9-19,22-23H,7-8,20-21H2,1-6H3,(H2,35,36)(H,38,41)/t23-,34+,46-/m0/s1. The van der Waals surface area contributed by atoms with Crippen molar-refractivity contribution in [1.82, 2.24) is 19.6 Å². The Hall–Kier alpha value is -4.02. The molecule has 2 heterocycles. The molecule has 3 N–H and O–H groups in total. The molecule has 0 aliphatic heterocycles. The number of esters is 1. The van der Waals surface area contributed by atoms with Crippen LogP contribution in [0.25, 0.3) is 32.7 Å². The summed E-state index contributed by atoms with van der Waals surface area (Å²) < 4.78 is 40.2. The Bertz CT molecular complexity index is 1910. The Labute approximate surface area is 269 Å². The molecular weight excluding hydrogens is 605 g/mol. The summed E-state index contributed by atoms with van der Waals surface area (Å²) in [5.74, 6) is 0.677. The molecule has 3 atom stereocenters. The maximum absolute atomic E-state index is 14.6. The van der Waals surface area contributed by atoms with Crippen molar-refractivity contribution in [3.8, 4) is 5.75 Å². The molecule has 244 valence electrons. The van der Waals surface area contributed by atoms with Crippen molar-refractivity contribution >= 4 is 52.2 Å². The summed E-state index contributed by atoms with van der Waals surface area (Å²) in [6.45, 7) is 11.6. The molecule has 0 amide bonds. The normalized spacial score (nSPS) is 15.2. The highest BCUT2D eigenvalue weighted by Crippen LogP contribution is 2.47. The Morgan fingerprint density at radius 2 is 1.74 bits per heavy atom. The van der Waals surface area contributed by atoms with E-state index in [1.54, 1.807) is 32.9 Å². The Balaban J connectivity index is 1.56. The summed E-state index contributed by atoms with van der Waals surface area (Å²) >= 11 is 0. The van der Waals surface area contributed by atoms with Gasteiger partial charge in [0.2, 0.25) is 0 Å². The largest absolute Gasteiger partial charge is 0.462 e. The Morgan fingerprint density at radius 1 is 1.02 bits per heavy atom. The molecule has 5 aromatic rings. The highest BCUT2D eigenvalue weighted by atomic mass is 31.2. The number of carbonyl (C=O) groups excluding carboxylic acids is 1. The van der Waals surface area contributed by atoms with Crippen molar-refractivity contribution in [1.29, 1.82) is 0 Å². The zero-order valence-electron chi connectivity index (χ0n) is 27.1. The van der Waals surface area contributed by atoms with Gasteiger partial charge in [-0.2, -0.15) is 5.09 Å². The predicted molar refractivity (Wildman–Crippen MR) is 181 cm³/mol. The van der Waals surface area contributed by atoms with Gasteiger partial charge in [0.15, 0.2) is 5.82 Å². The lowest BCUT2D eigenvalue weighted by Crippen LogP contribution is -2.39. The van der Waals surface area contributed by atoms with Gasteiger partial charge in [-0.3, -0.25) is 9.32 Å². The maximum Gasteiger partial charge on any atom is 0.459 e. The molecule has 5 rings (SSSR count).